The van der Waals surface area contributed by atoms with Crippen LogP contribution in [0.4, 0.5) is 18.9 Å². The molecular formula is C21H17F3N2O3S. The van der Waals surface area contributed by atoms with Gasteiger partial charge in [-0.05, 0) is 41.8 Å². The predicted molar refractivity (Wildman–Crippen MR) is 107 cm³/mol. The highest BCUT2D eigenvalue weighted by molar-refractivity contribution is 7.15. The SMILES string of the molecule is O=C(O)c1ccncc1NC[C@H]1CCOc2cc(-c3ccc(C(F)(F)F)s3)ccc21. The molecule has 1 aliphatic heterocycles. The number of aromatic nitrogens is 1. The number of benzene rings is 1. The van der Waals surface area contributed by atoms with E-state index in [0.717, 1.165) is 18.1 Å². The van der Waals surface area contributed by atoms with Crippen LogP contribution in [0.15, 0.2) is 48.8 Å². The van der Waals surface area contributed by atoms with E-state index in [1.807, 2.05) is 6.07 Å². The van der Waals surface area contributed by atoms with Gasteiger partial charge in [-0.1, -0.05) is 12.1 Å². The Hall–Kier alpha value is -3.07. The molecule has 2 N–H and O–H groups in total. The molecule has 156 valence electrons. The van der Waals surface area contributed by atoms with Crippen molar-refractivity contribution in [1.82, 2.24) is 4.98 Å². The van der Waals surface area contributed by atoms with Gasteiger partial charge in [0.15, 0.2) is 0 Å². The fourth-order valence-corrected chi connectivity index (χ4v) is 4.30. The number of hydrogen-bond donors (Lipinski definition) is 2. The Morgan fingerprint density at radius 3 is 2.83 bits per heavy atom. The molecule has 0 bridgehead atoms. The Kier molecular flexibility index (Phi) is 5.38. The molecule has 0 unspecified atom stereocenters. The second kappa shape index (κ2) is 7.98. The van der Waals surface area contributed by atoms with E-state index >= 15 is 0 Å². The van der Waals surface area contributed by atoms with E-state index in [2.05, 4.69) is 10.3 Å². The molecule has 0 amide bonds. The summed E-state index contributed by atoms with van der Waals surface area (Å²) in [5.41, 5.74) is 2.19. The number of carbonyl (C=O) groups is 1. The van der Waals surface area contributed by atoms with Crippen molar-refractivity contribution in [2.75, 3.05) is 18.5 Å². The minimum absolute atomic E-state index is 0.0683. The first kappa shape index (κ1) is 20.2. The number of pyridine rings is 1. The maximum atomic E-state index is 12.9. The average Bonchev–Trinajstić information content (AvgIpc) is 3.23. The molecule has 0 fully saturated rings. The van der Waals surface area contributed by atoms with Gasteiger partial charge in [0.1, 0.15) is 10.6 Å². The number of ether oxygens (including phenoxy) is 1. The molecule has 3 heterocycles. The molecule has 3 aromatic rings. The summed E-state index contributed by atoms with van der Waals surface area (Å²) in [5.74, 6) is -0.332. The van der Waals surface area contributed by atoms with Crippen LogP contribution in [0.5, 0.6) is 5.75 Å². The number of carboxylic acids is 1. The van der Waals surface area contributed by atoms with Gasteiger partial charge in [0.25, 0.3) is 0 Å². The first-order chi connectivity index (χ1) is 14.3. The summed E-state index contributed by atoms with van der Waals surface area (Å²) >= 11 is 0.701. The molecule has 0 saturated heterocycles. The van der Waals surface area contributed by atoms with Crippen LogP contribution in [0, 0.1) is 0 Å². The average molecular weight is 434 g/mol. The van der Waals surface area contributed by atoms with Crippen LogP contribution in [-0.4, -0.2) is 29.2 Å². The zero-order valence-corrected chi connectivity index (χ0v) is 16.4. The number of carboxylic acid groups (broad SMARTS) is 1. The molecule has 2 aromatic heterocycles. The lowest BCUT2D eigenvalue weighted by molar-refractivity contribution is -0.134. The van der Waals surface area contributed by atoms with Gasteiger partial charge in [-0.25, -0.2) is 4.79 Å². The lowest BCUT2D eigenvalue weighted by Gasteiger charge is -2.27. The molecule has 5 nitrogen and oxygen atoms in total. The highest BCUT2D eigenvalue weighted by atomic mass is 32.1. The second-order valence-corrected chi connectivity index (χ2v) is 7.94. The molecule has 4 rings (SSSR count). The predicted octanol–water partition coefficient (Wildman–Crippen LogP) is 5.51. The molecule has 0 saturated carbocycles. The Balaban J connectivity index is 1.54. The summed E-state index contributed by atoms with van der Waals surface area (Å²) in [5, 5.41) is 12.4. The van der Waals surface area contributed by atoms with Crippen molar-refractivity contribution in [3.63, 3.8) is 0 Å². The summed E-state index contributed by atoms with van der Waals surface area (Å²) in [6.07, 6.45) is -0.721. The number of alkyl halides is 3. The van der Waals surface area contributed by atoms with Crippen LogP contribution in [0.2, 0.25) is 0 Å². The Morgan fingerprint density at radius 1 is 1.27 bits per heavy atom. The van der Waals surface area contributed by atoms with Crippen LogP contribution in [-0.2, 0) is 6.18 Å². The third kappa shape index (κ3) is 4.11. The molecule has 0 aliphatic carbocycles. The first-order valence-electron chi connectivity index (χ1n) is 9.18. The van der Waals surface area contributed by atoms with Crippen molar-refractivity contribution in [2.45, 2.75) is 18.5 Å². The third-order valence-electron chi connectivity index (χ3n) is 4.94. The van der Waals surface area contributed by atoms with Crippen LogP contribution in [0.3, 0.4) is 0 Å². The normalized spacial score (nSPS) is 15.9. The smallest absolute Gasteiger partial charge is 0.425 e. The topological polar surface area (TPSA) is 71.5 Å². The van der Waals surface area contributed by atoms with Gasteiger partial charge in [-0.3, -0.25) is 4.98 Å². The second-order valence-electron chi connectivity index (χ2n) is 6.86. The molecule has 0 radical (unpaired) electrons. The number of nitrogens with zero attached hydrogens (tertiary/aromatic N) is 1. The Bertz CT molecular complexity index is 1080. The number of thiophene rings is 1. The summed E-state index contributed by atoms with van der Waals surface area (Å²) in [6.45, 7) is 0.957. The molecule has 1 aliphatic rings. The Labute approximate surface area is 174 Å². The lowest BCUT2D eigenvalue weighted by atomic mass is 9.91. The van der Waals surface area contributed by atoms with Crippen molar-refractivity contribution in [3.8, 4) is 16.2 Å². The van der Waals surface area contributed by atoms with Crippen molar-refractivity contribution >= 4 is 23.0 Å². The van der Waals surface area contributed by atoms with Gasteiger partial charge < -0.3 is 15.2 Å². The quantitative estimate of drug-likeness (QED) is 0.554. The molecule has 1 atom stereocenters. The highest BCUT2D eigenvalue weighted by Gasteiger charge is 2.32. The van der Waals surface area contributed by atoms with Gasteiger partial charge in [-0.2, -0.15) is 13.2 Å². The van der Waals surface area contributed by atoms with Gasteiger partial charge in [-0.15, -0.1) is 11.3 Å². The van der Waals surface area contributed by atoms with E-state index in [-0.39, 0.29) is 11.5 Å². The first-order valence-corrected chi connectivity index (χ1v) is 10.00. The van der Waals surface area contributed by atoms with E-state index in [1.54, 1.807) is 12.1 Å². The number of fused-ring (bicyclic) bond motifs is 1. The lowest BCUT2D eigenvalue weighted by Crippen LogP contribution is -2.21. The minimum atomic E-state index is -4.36. The van der Waals surface area contributed by atoms with Gasteiger partial charge in [0.05, 0.1) is 24.1 Å². The maximum Gasteiger partial charge on any atom is 0.425 e. The third-order valence-corrected chi connectivity index (χ3v) is 6.12. The monoisotopic (exact) mass is 434 g/mol. The van der Waals surface area contributed by atoms with E-state index in [9.17, 15) is 23.1 Å². The van der Waals surface area contributed by atoms with E-state index in [0.29, 0.717) is 46.4 Å². The van der Waals surface area contributed by atoms with Crippen molar-refractivity contribution in [1.29, 1.82) is 0 Å². The largest absolute Gasteiger partial charge is 0.493 e. The number of rotatable bonds is 5. The maximum absolute atomic E-state index is 12.9. The van der Waals surface area contributed by atoms with Crippen LogP contribution >= 0.6 is 11.3 Å². The zero-order chi connectivity index (χ0) is 21.3. The van der Waals surface area contributed by atoms with Gasteiger partial charge >= 0.3 is 12.1 Å². The number of aromatic carboxylic acids is 1. The van der Waals surface area contributed by atoms with Gasteiger partial charge in [0, 0.05) is 23.5 Å². The fraction of sp³-hybridized carbons (Fsp3) is 0.238. The van der Waals surface area contributed by atoms with Crippen LogP contribution < -0.4 is 10.1 Å². The molecule has 9 heteroatoms. The summed E-state index contributed by atoms with van der Waals surface area (Å²) in [7, 11) is 0. The number of nitrogens with one attached hydrogen (secondary N) is 1. The van der Waals surface area contributed by atoms with Gasteiger partial charge in [0.2, 0.25) is 0 Å². The van der Waals surface area contributed by atoms with Crippen molar-refractivity contribution in [2.24, 2.45) is 0 Å². The highest BCUT2D eigenvalue weighted by Crippen LogP contribution is 2.41. The summed E-state index contributed by atoms with van der Waals surface area (Å²) < 4.78 is 44.4. The number of anilines is 1. The molecule has 1 aromatic carbocycles. The summed E-state index contributed by atoms with van der Waals surface area (Å²) in [4.78, 5) is 15.2. The minimum Gasteiger partial charge on any atom is -0.493 e. The summed E-state index contributed by atoms with van der Waals surface area (Å²) in [6, 6.07) is 9.41. The fourth-order valence-electron chi connectivity index (χ4n) is 3.43. The van der Waals surface area contributed by atoms with E-state index in [4.69, 9.17) is 4.74 Å². The van der Waals surface area contributed by atoms with E-state index in [1.165, 1.54) is 24.5 Å². The van der Waals surface area contributed by atoms with Crippen molar-refractivity contribution < 1.29 is 27.8 Å². The van der Waals surface area contributed by atoms with E-state index < -0.39 is 17.0 Å². The molecular weight excluding hydrogens is 417 g/mol. The van der Waals surface area contributed by atoms with Crippen LogP contribution in [0.25, 0.3) is 10.4 Å². The molecule has 0 spiro atoms. The standard InChI is InChI=1S/C21H17F3N2O3S/c22-21(23,24)19-4-3-18(30-19)12-1-2-14-13(6-8-29-17(14)9-12)10-26-16-11-25-7-5-15(16)20(27)28/h1-5,7,9,11,13,26H,6,8,10H2,(H,27,28)/t13-/m1/s1. The number of hydrogen-bond acceptors (Lipinski definition) is 5. The Morgan fingerprint density at radius 2 is 2.10 bits per heavy atom. The zero-order valence-electron chi connectivity index (χ0n) is 15.6. The molecule has 30 heavy (non-hydrogen) atoms. The van der Waals surface area contributed by atoms with Crippen LogP contribution in [0.1, 0.15) is 33.1 Å². The number of halogens is 3. The van der Waals surface area contributed by atoms with Crippen molar-refractivity contribution in [3.05, 3.63) is 64.8 Å².